The molecule has 0 fully saturated rings. The Morgan fingerprint density at radius 1 is 1.19 bits per heavy atom. The third-order valence-electron chi connectivity index (χ3n) is 4.06. The van der Waals surface area contributed by atoms with Crippen molar-refractivity contribution < 1.29 is 4.74 Å². The number of halogens is 1. The second kappa shape index (κ2) is 10.1. The number of para-hydroxylation sites is 1. The van der Waals surface area contributed by atoms with Crippen LogP contribution in [0.2, 0.25) is 5.02 Å². The topological polar surface area (TPSA) is 35.2 Å². The monoisotopic (exact) mass is 311 g/mol. The van der Waals surface area contributed by atoms with E-state index in [4.69, 9.17) is 22.1 Å². The first-order valence-corrected chi connectivity index (χ1v) is 8.65. The number of nitrogens with two attached hydrogens (primary N) is 1. The van der Waals surface area contributed by atoms with E-state index in [0.29, 0.717) is 10.9 Å². The fraction of sp³-hybridized carbons (Fsp3) is 0.667. The van der Waals surface area contributed by atoms with Crippen LogP contribution < -0.4 is 10.5 Å². The van der Waals surface area contributed by atoms with E-state index in [1.165, 1.54) is 19.3 Å². The van der Waals surface area contributed by atoms with Crippen LogP contribution in [0.1, 0.15) is 58.4 Å². The SMILES string of the molecule is CCCCC(CC)COc1c(Cl)cccc1CC(N)CC. The van der Waals surface area contributed by atoms with E-state index < -0.39 is 0 Å². The van der Waals surface area contributed by atoms with Crippen molar-refractivity contribution in [3.8, 4) is 5.75 Å². The van der Waals surface area contributed by atoms with E-state index in [1.807, 2.05) is 12.1 Å². The highest BCUT2D eigenvalue weighted by molar-refractivity contribution is 6.32. The predicted octanol–water partition coefficient (Wildman–Crippen LogP) is 5.22. The second-order valence-corrected chi connectivity index (χ2v) is 6.24. The standard InChI is InChI=1S/C18H30ClNO/c1-4-7-9-14(5-2)13-21-18-15(12-16(20)6-3)10-8-11-17(18)19/h8,10-11,14,16H,4-7,9,12-13,20H2,1-3H3. The maximum atomic E-state index is 6.32. The quantitative estimate of drug-likeness (QED) is 0.643. The zero-order valence-electron chi connectivity index (χ0n) is 13.7. The molecule has 1 rings (SSSR count). The lowest BCUT2D eigenvalue weighted by atomic mass is 10.00. The molecule has 1 aromatic rings. The summed E-state index contributed by atoms with van der Waals surface area (Å²) in [5, 5.41) is 0.696. The van der Waals surface area contributed by atoms with Crippen molar-refractivity contribution >= 4 is 11.6 Å². The van der Waals surface area contributed by atoms with Gasteiger partial charge in [0.25, 0.3) is 0 Å². The molecule has 0 saturated heterocycles. The molecule has 0 bridgehead atoms. The minimum Gasteiger partial charge on any atom is -0.491 e. The van der Waals surface area contributed by atoms with Crippen molar-refractivity contribution in [3.05, 3.63) is 28.8 Å². The van der Waals surface area contributed by atoms with E-state index in [-0.39, 0.29) is 6.04 Å². The highest BCUT2D eigenvalue weighted by Crippen LogP contribution is 2.30. The summed E-state index contributed by atoms with van der Waals surface area (Å²) >= 11 is 6.32. The first kappa shape index (κ1) is 18.3. The van der Waals surface area contributed by atoms with Crippen LogP contribution in [-0.2, 0) is 6.42 Å². The Kier molecular flexibility index (Phi) is 8.79. The van der Waals surface area contributed by atoms with Gasteiger partial charge in [-0.1, -0.05) is 63.8 Å². The smallest absolute Gasteiger partial charge is 0.141 e. The van der Waals surface area contributed by atoms with E-state index >= 15 is 0 Å². The maximum absolute atomic E-state index is 6.32. The Morgan fingerprint density at radius 2 is 1.95 bits per heavy atom. The van der Waals surface area contributed by atoms with Gasteiger partial charge in [0.05, 0.1) is 11.6 Å². The van der Waals surface area contributed by atoms with Crippen LogP contribution in [0, 0.1) is 5.92 Å². The van der Waals surface area contributed by atoms with Gasteiger partial charge in [-0.25, -0.2) is 0 Å². The van der Waals surface area contributed by atoms with Crippen molar-refractivity contribution in [2.24, 2.45) is 11.7 Å². The van der Waals surface area contributed by atoms with Crippen molar-refractivity contribution in [1.29, 1.82) is 0 Å². The van der Waals surface area contributed by atoms with Crippen LogP contribution >= 0.6 is 11.6 Å². The molecule has 0 saturated carbocycles. The van der Waals surface area contributed by atoms with E-state index in [9.17, 15) is 0 Å². The van der Waals surface area contributed by atoms with Gasteiger partial charge >= 0.3 is 0 Å². The molecule has 0 aliphatic heterocycles. The van der Waals surface area contributed by atoms with E-state index in [1.54, 1.807) is 0 Å². The van der Waals surface area contributed by atoms with Gasteiger partial charge in [0.2, 0.25) is 0 Å². The lowest BCUT2D eigenvalue weighted by Crippen LogP contribution is -2.22. The van der Waals surface area contributed by atoms with Gasteiger partial charge in [-0.3, -0.25) is 0 Å². The summed E-state index contributed by atoms with van der Waals surface area (Å²) in [6.45, 7) is 7.30. The molecule has 2 unspecified atom stereocenters. The van der Waals surface area contributed by atoms with Gasteiger partial charge < -0.3 is 10.5 Å². The molecule has 0 aromatic heterocycles. The Morgan fingerprint density at radius 3 is 2.57 bits per heavy atom. The van der Waals surface area contributed by atoms with Crippen molar-refractivity contribution in [1.82, 2.24) is 0 Å². The number of hydrogen-bond acceptors (Lipinski definition) is 2. The van der Waals surface area contributed by atoms with Crippen molar-refractivity contribution in [2.75, 3.05) is 6.61 Å². The summed E-state index contributed by atoms with van der Waals surface area (Å²) in [6, 6.07) is 6.10. The average Bonchev–Trinajstić information content (AvgIpc) is 2.49. The van der Waals surface area contributed by atoms with Gasteiger partial charge in [-0.2, -0.15) is 0 Å². The van der Waals surface area contributed by atoms with E-state index in [0.717, 1.165) is 37.2 Å². The second-order valence-electron chi connectivity index (χ2n) is 5.83. The molecule has 0 heterocycles. The molecule has 0 radical (unpaired) electrons. The van der Waals surface area contributed by atoms with Gasteiger partial charge in [-0.05, 0) is 36.8 Å². The Balaban J connectivity index is 2.72. The molecule has 2 N–H and O–H groups in total. The summed E-state index contributed by atoms with van der Waals surface area (Å²) in [6.07, 6.45) is 6.64. The van der Waals surface area contributed by atoms with Crippen LogP contribution in [0.4, 0.5) is 0 Å². The maximum Gasteiger partial charge on any atom is 0.141 e. The Labute approximate surface area is 135 Å². The van der Waals surface area contributed by atoms with Gasteiger partial charge in [-0.15, -0.1) is 0 Å². The zero-order valence-corrected chi connectivity index (χ0v) is 14.5. The average molecular weight is 312 g/mol. The van der Waals surface area contributed by atoms with Gasteiger partial charge in [0.15, 0.2) is 0 Å². The number of unbranched alkanes of at least 4 members (excludes halogenated alkanes) is 1. The zero-order chi connectivity index (χ0) is 15.7. The highest BCUT2D eigenvalue weighted by atomic mass is 35.5. The molecule has 21 heavy (non-hydrogen) atoms. The van der Waals surface area contributed by atoms with Crippen LogP contribution in [-0.4, -0.2) is 12.6 Å². The third kappa shape index (κ3) is 6.27. The molecule has 0 spiro atoms. The summed E-state index contributed by atoms with van der Waals surface area (Å²) in [4.78, 5) is 0. The molecule has 1 aromatic carbocycles. The lowest BCUT2D eigenvalue weighted by molar-refractivity contribution is 0.231. The molecule has 2 atom stereocenters. The third-order valence-corrected chi connectivity index (χ3v) is 4.36. The van der Waals surface area contributed by atoms with Gasteiger partial charge in [0.1, 0.15) is 5.75 Å². The molecule has 3 heteroatoms. The van der Waals surface area contributed by atoms with Crippen molar-refractivity contribution in [3.63, 3.8) is 0 Å². The summed E-state index contributed by atoms with van der Waals surface area (Å²) in [5.41, 5.74) is 7.20. The summed E-state index contributed by atoms with van der Waals surface area (Å²) in [7, 11) is 0. The molecule has 2 nitrogen and oxygen atoms in total. The van der Waals surface area contributed by atoms with Crippen LogP contribution in [0.5, 0.6) is 5.75 Å². The molecule has 0 aliphatic rings. The largest absolute Gasteiger partial charge is 0.491 e. The first-order valence-electron chi connectivity index (χ1n) is 8.28. The van der Waals surface area contributed by atoms with Gasteiger partial charge in [0, 0.05) is 6.04 Å². The molecule has 120 valence electrons. The molecule has 0 amide bonds. The Bertz CT molecular complexity index is 408. The predicted molar refractivity (Wildman–Crippen MR) is 92.2 cm³/mol. The number of benzene rings is 1. The van der Waals surface area contributed by atoms with Crippen LogP contribution in [0.25, 0.3) is 0 Å². The minimum atomic E-state index is 0.160. The Hall–Kier alpha value is -0.730. The van der Waals surface area contributed by atoms with Crippen LogP contribution in [0.3, 0.4) is 0 Å². The van der Waals surface area contributed by atoms with E-state index in [2.05, 4.69) is 26.8 Å². The summed E-state index contributed by atoms with van der Waals surface area (Å²) < 4.78 is 6.08. The fourth-order valence-corrected chi connectivity index (χ4v) is 2.65. The minimum absolute atomic E-state index is 0.160. The lowest BCUT2D eigenvalue weighted by Gasteiger charge is -2.19. The molecule has 0 aliphatic carbocycles. The number of ether oxygens (including phenoxy) is 1. The normalized spacial score (nSPS) is 14.0. The number of hydrogen-bond donors (Lipinski definition) is 1. The number of rotatable bonds is 10. The molecular formula is C18H30ClNO. The fourth-order valence-electron chi connectivity index (χ4n) is 2.40. The first-order chi connectivity index (χ1) is 10.1. The van der Waals surface area contributed by atoms with Crippen LogP contribution in [0.15, 0.2) is 18.2 Å². The molecular weight excluding hydrogens is 282 g/mol. The highest BCUT2D eigenvalue weighted by Gasteiger charge is 2.14. The summed E-state index contributed by atoms with van der Waals surface area (Å²) in [5.74, 6) is 1.44. The van der Waals surface area contributed by atoms with Crippen molar-refractivity contribution in [2.45, 2.75) is 65.3 Å².